The van der Waals surface area contributed by atoms with Gasteiger partial charge in [-0.05, 0) is 42.2 Å². The zero-order valence-corrected chi connectivity index (χ0v) is 12.0. The molecule has 1 aromatic carbocycles. The number of aromatic nitrogens is 1. The number of primary amides is 1. The molecule has 20 heavy (non-hydrogen) atoms. The van der Waals surface area contributed by atoms with E-state index in [4.69, 9.17) is 5.73 Å². The maximum atomic E-state index is 10.4. The number of aromatic hydroxyl groups is 1. The number of rotatable bonds is 2. The first-order valence-electron chi connectivity index (χ1n) is 6.41. The van der Waals surface area contributed by atoms with Gasteiger partial charge in [-0.25, -0.2) is 0 Å². The average molecular weight is 272 g/mol. The monoisotopic (exact) mass is 272 g/mol. The average Bonchev–Trinajstić information content (AvgIpc) is 2.43. The van der Waals surface area contributed by atoms with E-state index in [0.29, 0.717) is 17.2 Å². The summed E-state index contributed by atoms with van der Waals surface area (Å²) in [6.45, 7) is 6.13. The summed E-state index contributed by atoms with van der Waals surface area (Å²) in [6, 6.07) is 9.12. The van der Waals surface area contributed by atoms with Crippen LogP contribution in [0, 0.1) is 6.92 Å². The molecule has 0 atom stereocenters. The number of nitrogens with two attached hydrogens (primary N) is 1. The highest BCUT2D eigenvalue weighted by atomic mass is 16.3. The highest BCUT2D eigenvalue weighted by Gasteiger charge is 2.01. The van der Waals surface area contributed by atoms with E-state index in [0.717, 1.165) is 5.56 Å². The molecular weight excluding hydrogens is 252 g/mol. The smallest absolute Gasteiger partial charge is 0.250 e. The Kier molecular flexibility index (Phi) is 5.72. The molecule has 0 aliphatic heterocycles. The molecule has 0 aliphatic carbocycles. The molecule has 0 bridgehead atoms. The Morgan fingerprint density at radius 1 is 1.30 bits per heavy atom. The van der Waals surface area contributed by atoms with E-state index in [9.17, 15) is 9.90 Å². The van der Waals surface area contributed by atoms with Crippen molar-refractivity contribution in [1.29, 1.82) is 0 Å². The number of benzene rings is 1. The van der Waals surface area contributed by atoms with E-state index in [-0.39, 0.29) is 0 Å². The number of carbonyl (C=O) groups excluding carboxylic acids is 1. The van der Waals surface area contributed by atoms with Crippen molar-refractivity contribution in [3.05, 3.63) is 59.4 Å². The fraction of sp³-hybridized carbons (Fsp3) is 0.250. The quantitative estimate of drug-likeness (QED) is 0.882. The number of hydrogen-bond acceptors (Lipinski definition) is 3. The minimum Gasteiger partial charge on any atom is -0.508 e. The maximum Gasteiger partial charge on any atom is 0.250 e. The van der Waals surface area contributed by atoms with Gasteiger partial charge in [0.2, 0.25) is 5.91 Å². The lowest BCUT2D eigenvalue weighted by molar-refractivity contribution is 0.1000. The molecule has 106 valence electrons. The second-order valence-electron chi connectivity index (χ2n) is 4.81. The summed E-state index contributed by atoms with van der Waals surface area (Å²) in [6.07, 6.45) is 3.02. The van der Waals surface area contributed by atoms with Crippen LogP contribution < -0.4 is 5.73 Å². The highest BCUT2D eigenvalue weighted by molar-refractivity contribution is 5.92. The van der Waals surface area contributed by atoms with Gasteiger partial charge in [0.1, 0.15) is 5.75 Å². The van der Waals surface area contributed by atoms with Crippen molar-refractivity contribution in [3.63, 3.8) is 0 Å². The van der Waals surface area contributed by atoms with Crippen LogP contribution in [0.5, 0.6) is 5.75 Å². The molecule has 4 nitrogen and oxygen atoms in total. The first-order chi connectivity index (χ1) is 9.41. The molecule has 0 fully saturated rings. The molecule has 0 radical (unpaired) electrons. The van der Waals surface area contributed by atoms with E-state index >= 15 is 0 Å². The van der Waals surface area contributed by atoms with Crippen molar-refractivity contribution in [1.82, 2.24) is 4.98 Å². The topological polar surface area (TPSA) is 76.2 Å². The molecule has 2 aromatic rings. The van der Waals surface area contributed by atoms with Gasteiger partial charge in [0, 0.05) is 12.4 Å². The van der Waals surface area contributed by atoms with E-state index in [1.54, 1.807) is 18.3 Å². The van der Waals surface area contributed by atoms with Gasteiger partial charge in [0.15, 0.2) is 0 Å². The van der Waals surface area contributed by atoms with Gasteiger partial charge in [-0.1, -0.05) is 26.0 Å². The van der Waals surface area contributed by atoms with Crippen LogP contribution in [-0.4, -0.2) is 16.0 Å². The Labute approximate surface area is 119 Å². The van der Waals surface area contributed by atoms with Crippen LogP contribution in [0.25, 0.3) is 0 Å². The summed E-state index contributed by atoms with van der Waals surface area (Å²) < 4.78 is 0. The molecule has 0 saturated carbocycles. The largest absolute Gasteiger partial charge is 0.508 e. The number of phenolic OH excluding ortho intramolecular Hbond substituents is 1. The van der Waals surface area contributed by atoms with Crippen LogP contribution in [0.4, 0.5) is 0 Å². The van der Waals surface area contributed by atoms with Gasteiger partial charge in [0.05, 0.1) is 5.56 Å². The van der Waals surface area contributed by atoms with Crippen LogP contribution in [-0.2, 0) is 0 Å². The lowest BCUT2D eigenvalue weighted by Gasteiger charge is -2.06. The van der Waals surface area contributed by atoms with Gasteiger partial charge < -0.3 is 10.8 Å². The van der Waals surface area contributed by atoms with E-state index in [1.807, 2.05) is 19.1 Å². The number of hydrogen-bond donors (Lipinski definition) is 2. The Balaban J connectivity index is 0.000000204. The van der Waals surface area contributed by atoms with Crippen LogP contribution >= 0.6 is 0 Å². The SMILES string of the molecule is Cc1ccc(C(C)C)cc1O.NC(=O)c1cccnc1. The van der Waals surface area contributed by atoms with Crippen molar-refractivity contribution >= 4 is 5.91 Å². The molecule has 0 saturated heterocycles. The summed E-state index contributed by atoms with van der Waals surface area (Å²) >= 11 is 0. The third-order valence-corrected chi connectivity index (χ3v) is 2.85. The Bertz CT molecular complexity index is 566. The molecule has 1 heterocycles. The lowest BCUT2D eigenvalue weighted by atomic mass is 10.0. The first kappa shape index (κ1) is 15.7. The summed E-state index contributed by atoms with van der Waals surface area (Å²) in [7, 11) is 0. The van der Waals surface area contributed by atoms with Crippen molar-refractivity contribution in [3.8, 4) is 5.75 Å². The number of carbonyl (C=O) groups is 1. The molecule has 4 heteroatoms. The molecule has 0 aliphatic rings. The number of nitrogens with zero attached hydrogens (tertiary/aromatic N) is 1. The first-order valence-corrected chi connectivity index (χ1v) is 6.41. The molecule has 2 rings (SSSR count). The summed E-state index contributed by atoms with van der Waals surface area (Å²) in [5.41, 5.74) is 7.50. The summed E-state index contributed by atoms with van der Waals surface area (Å²) in [5.74, 6) is 0.445. The van der Waals surface area contributed by atoms with E-state index in [1.165, 1.54) is 11.8 Å². The molecule has 1 aromatic heterocycles. The predicted octanol–water partition coefficient (Wildman–Crippen LogP) is 3.00. The highest BCUT2D eigenvalue weighted by Crippen LogP contribution is 2.22. The third kappa shape index (κ3) is 4.72. The Morgan fingerprint density at radius 3 is 2.40 bits per heavy atom. The maximum absolute atomic E-state index is 10.4. The zero-order valence-electron chi connectivity index (χ0n) is 12.0. The van der Waals surface area contributed by atoms with E-state index in [2.05, 4.69) is 24.9 Å². The Hall–Kier alpha value is -2.36. The number of phenols is 1. The molecule has 3 N–H and O–H groups in total. The van der Waals surface area contributed by atoms with Gasteiger partial charge >= 0.3 is 0 Å². The van der Waals surface area contributed by atoms with Crippen LogP contribution in [0.15, 0.2) is 42.7 Å². The fourth-order valence-corrected chi connectivity index (χ4v) is 1.49. The van der Waals surface area contributed by atoms with Gasteiger partial charge in [-0.3, -0.25) is 9.78 Å². The Morgan fingerprint density at radius 2 is 2.00 bits per heavy atom. The second-order valence-corrected chi connectivity index (χ2v) is 4.81. The molecule has 0 unspecified atom stereocenters. The lowest BCUT2D eigenvalue weighted by Crippen LogP contribution is -2.10. The minimum absolute atomic E-state index is 0.399. The fourth-order valence-electron chi connectivity index (χ4n) is 1.49. The normalized spacial score (nSPS) is 9.80. The van der Waals surface area contributed by atoms with Gasteiger partial charge in [-0.2, -0.15) is 0 Å². The second kappa shape index (κ2) is 7.28. The standard InChI is InChI=1S/C10H14O.C6H6N2O/c1-7(2)9-5-4-8(3)10(11)6-9;7-6(9)5-2-1-3-8-4-5/h4-7,11H,1-3H3;1-4H,(H2,7,9). The molecular formula is C16H20N2O2. The number of amides is 1. The van der Waals surface area contributed by atoms with E-state index < -0.39 is 5.91 Å². The number of pyridine rings is 1. The van der Waals surface area contributed by atoms with Crippen LogP contribution in [0.1, 0.15) is 41.3 Å². The minimum atomic E-state index is -0.442. The van der Waals surface area contributed by atoms with Crippen molar-refractivity contribution in [2.45, 2.75) is 26.7 Å². The number of aryl methyl sites for hydroxylation is 1. The van der Waals surface area contributed by atoms with Crippen molar-refractivity contribution in [2.75, 3.05) is 0 Å². The van der Waals surface area contributed by atoms with Gasteiger partial charge in [0.25, 0.3) is 0 Å². The summed E-state index contributed by atoms with van der Waals surface area (Å²) in [4.78, 5) is 14.1. The third-order valence-electron chi connectivity index (χ3n) is 2.85. The van der Waals surface area contributed by atoms with Crippen molar-refractivity contribution in [2.24, 2.45) is 5.73 Å². The predicted molar refractivity (Wildman–Crippen MR) is 79.7 cm³/mol. The van der Waals surface area contributed by atoms with Crippen LogP contribution in [0.2, 0.25) is 0 Å². The molecule has 1 amide bonds. The summed E-state index contributed by atoms with van der Waals surface area (Å²) in [5, 5.41) is 9.35. The van der Waals surface area contributed by atoms with Gasteiger partial charge in [-0.15, -0.1) is 0 Å². The van der Waals surface area contributed by atoms with Crippen molar-refractivity contribution < 1.29 is 9.90 Å². The molecule has 0 spiro atoms. The zero-order chi connectivity index (χ0) is 15.1. The van der Waals surface area contributed by atoms with Crippen LogP contribution in [0.3, 0.4) is 0 Å².